The normalized spacial score (nSPS) is 24.3. The van der Waals surface area contributed by atoms with Crippen LogP contribution in [-0.4, -0.2) is 20.9 Å². The summed E-state index contributed by atoms with van der Waals surface area (Å²) in [6.45, 7) is 8.65. The summed E-state index contributed by atoms with van der Waals surface area (Å²) in [6.07, 6.45) is 4.48. The number of hydrogen-bond acceptors (Lipinski definition) is 2. The summed E-state index contributed by atoms with van der Waals surface area (Å²) in [4.78, 5) is 0.482. The molecule has 2 nitrogen and oxygen atoms in total. The molecule has 0 aliphatic heterocycles. The van der Waals surface area contributed by atoms with Gasteiger partial charge in [-0.1, -0.05) is 49.5 Å². The van der Waals surface area contributed by atoms with Gasteiger partial charge in [-0.2, -0.15) is 0 Å². The van der Waals surface area contributed by atoms with Crippen LogP contribution in [0.1, 0.15) is 26.2 Å². The molecule has 2 rings (SSSR count). The Kier molecular flexibility index (Phi) is 4.00. The molecule has 0 saturated carbocycles. The van der Waals surface area contributed by atoms with Crippen LogP contribution in [0.25, 0.3) is 0 Å². The zero-order chi connectivity index (χ0) is 15.0. The highest BCUT2D eigenvalue weighted by atomic mass is 32.2. The lowest BCUT2D eigenvalue weighted by Gasteiger charge is -2.44. The molecular formula is C16H24O2SSi. The summed E-state index contributed by atoms with van der Waals surface area (Å²) >= 11 is 0. The second-order valence-electron chi connectivity index (χ2n) is 6.82. The maximum Gasteiger partial charge on any atom is 0.181 e. The Hall–Kier alpha value is -0.873. The molecule has 0 radical (unpaired) electrons. The summed E-state index contributed by atoms with van der Waals surface area (Å²) in [5.74, 6) is 0. The second-order valence-corrected chi connectivity index (χ2v) is 14.9. The molecule has 0 amide bonds. The maximum atomic E-state index is 13.3. The van der Waals surface area contributed by atoms with E-state index in [-0.39, 0.29) is 0 Å². The van der Waals surface area contributed by atoms with Gasteiger partial charge >= 0.3 is 0 Å². The van der Waals surface area contributed by atoms with Crippen LogP contribution in [-0.2, 0) is 9.84 Å². The Balaban J connectivity index is 2.60. The van der Waals surface area contributed by atoms with Crippen LogP contribution in [0.2, 0.25) is 19.6 Å². The molecule has 1 aliphatic carbocycles. The van der Waals surface area contributed by atoms with Crippen LogP contribution < -0.4 is 0 Å². The molecule has 1 aromatic carbocycles. The number of hydrogen-bond donors (Lipinski definition) is 0. The van der Waals surface area contributed by atoms with Gasteiger partial charge in [-0.15, -0.1) is 0 Å². The van der Waals surface area contributed by atoms with Crippen LogP contribution in [0.3, 0.4) is 0 Å². The Labute approximate surface area is 123 Å². The zero-order valence-electron chi connectivity index (χ0n) is 12.8. The molecular weight excluding hydrogens is 284 g/mol. The molecule has 4 heteroatoms. The first kappa shape index (κ1) is 15.5. The summed E-state index contributed by atoms with van der Waals surface area (Å²) in [5, 5.41) is 0. The van der Waals surface area contributed by atoms with Crippen molar-refractivity contribution in [3.8, 4) is 0 Å². The van der Waals surface area contributed by atoms with Crippen LogP contribution in [0.15, 0.2) is 46.9 Å². The molecule has 20 heavy (non-hydrogen) atoms. The highest BCUT2D eigenvalue weighted by Gasteiger charge is 2.53. The van der Waals surface area contributed by atoms with Gasteiger partial charge in [0, 0.05) is 0 Å². The van der Waals surface area contributed by atoms with Gasteiger partial charge in [0.25, 0.3) is 0 Å². The van der Waals surface area contributed by atoms with E-state index < -0.39 is 22.3 Å². The molecule has 0 aromatic heterocycles. The SMILES string of the molecule is CC1=CCC([Si](C)(C)C)(S(=O)(=O)c2ccccc2)CC1. The Morgan fingerprint density at radius 2 is 1.70 bits per heavy atom. The molecule has 1 atom stereocenters. The van der Waals surface area contributed by atoms with E-state index in [1.54, 1.807) is 12.1 Å². The minimum atomic E-state index is -3.29. The molecule has 110 valence electrons. The van der Waals surface area contributed by atoms with Gasteiger partial charge in [0.15, 0.2) is 9.84 Å². The molecule has 0 N–H and O–H groups in total. The van der Waals surface area contributed by atoms with Crippen molar-refractivity contribution in [2.45, 2.75) is 55.1 Å². The predicted octanol–water partition coefficient (Wildman–Crippen LogP) is 4.21. The fraction of sp³-hybridized carbons (Fsp3) is 0.500. The van der Waals surface area contributed by atoms with E-state index in [1.807, 2.05) is 18.2 Å². The molecule has 0 fully saturated rings. The number of benzene rings is 1. The van der Waals surface area contributed by atoms with Crippen molar-refractivity contribution in [1.29, 1.82) is 0 Å². The Bertz CT molecular complexity index is 612. The maximum absolute atomic E-state index is 13.3. The molecule has 0 heterocycles. The minimum Gasteiger partial charge on any atom is -0.223 e. The first-order valence-electron chi connectivity index (χ1n) is 7.16. The van der Waals surface area contributed by atoms with Gasteiger partial charge < -0.3 is 0 Å². The molecule has 0 saturated heterocycles. The highest BCUT2D eigenvalue weighted by Crippen LogP contribution is 2.44. The van der Waals surface area contributed by atoms with Gasteiger partial charge in [0.2, 0.25) is 0 Å². The highest BCUT2D eigenvalue weighted by molar-refractivity contribution is 7.94. The van der Waals surface area contributed by atoms with Gasteiger partial charge in [-0.05, 0) is 38.3 Å². The van der Waals surface area contributed by atoms with Crippen molar-refractivity contribution in [2.24, 2.45) is 0 Å². The van der Waals surface area contributed by atoms with E-state index in [9.17, 15) is 8.42 Å². The van der Waals surface area contributed by atoms with Crippen LogP contribution in [0.4, 0.5) is 0 Å². The fourth-order valence-electron chi connectivity index (χ4n) is 3.10. The van der Waals surface area contributed by atoms with Crippen LogP contribution in [0.5, 0.6) is 0 Å². The van der Waals surface area contributed by atoms with Gasteiger partial charge in [-0.25, -0.2) is 8.42 Å². The van der Waals surface area contributed by atoms with E-state index in [2.05, 4.69) is 32.6 Å². The number of rotatable bonds is 3. The summed E-state index contributed by atoms with van der Waals surface area (Å²) in [7, 11) is -5.17. The van der Waals surface area contributed by atoms with E-state index in [0.29, 0.717) is 11.3 Å². The first-order valence-corrected chi connectivity index (χ1v) is 12.1. The zero-order valence-corrected chi connectivity index (χ0v) is 14.6. The van der Waals surface area contributed by atoms with Crippen molar-refractivity contribution in [3.05, 3.63) is 42.0 Å². The average Bonchev–Trinajstić information content (AvgIpc) is 2.39. The third-order valence-electron chi connectivity index (χ3n) is 4.64. The fourth-order valence-corrected chi connectivity index (χ4v) is 9.90. The number of sulfone groups is 1. The lowest BCUT2D eigenvalue weighted by atomic mass is 10.00. The minimum absolute atomic E-state index is 0.482. The third kappa shape index (κ3) is 2.39. The summed E-state index contributed by atoms with van der Waals surface area (Å²) < 4.78 is 26.0. The topological polar surface area (TPSA) is 34.1 Å². The van der Waals surface area contributed by atoms with Crippen molar-refractivity contribution in [1.82, 2.24) is 0 Å². The Morgan fingerprint density at radius 1 is 1.10 bits per heavy atom. The molecule has 1 aromatic rings. The van der Waals surface area contributed by atoms with Crippen molar-refractivity contribution in [3.63, 3.8) is 0 Å². The van der Waals surface area contributed by atoms with E-state index in [1.165, 1.54) is 5.57 Å². The average molecular weight is 309 g/mol. The third-order valence-corrected chi connectivity index (χ3v) is 12.8. The van der Waals surface area contributed by atoms with Crippen molar-refractivity contribution >= 4 is 17.9 Å². The largest absolute Gasteiger partial charge is 0.223 e. The second kappa shape index (κ2) is 5.15. The molecule has 1 aliphatic rings. The van der Waals surface area contributed by atoms with Crippen molar-refractivity contribution < 1.29 is 8.42 Å². The van der Waals surface area contributed by atoms with E-state index >= 15 is 0 Å². The molecule has 0 bridgehead atoms. The summed E-state index contributed by atoms with van der Waals surface area (Å²) in [5.41, 5.74) is 1.32. The summed E-state index contributed by atoms with van der Waals surface area (Å²) in [6, 6.07) is 8.97. The predicted molar refractivity (Wildman–Crippen MR) is 87.3 cm³/mol. The smallest absolute Gasteiger partial charge is 0.181 e. The first-order chi connectivity index (χ1) is 9.21. The monoisotopic (exact) mass is 308 g/mol. The van der Waals surface area contributed by atoms with E-state index in [4.69, 9.17) is 0 Å². The van der Waals surface area contributed by atoms with Gasteiger partial charge in [0.1, 0.15) is 0 Å². The van der Waals surface area contributed by atoms with Gasteiger partial charge in [0.05, 0.1) is 17.3 Å². The lowest BCUT2D eigenvalue weighted by Crippen LogP contribution is -2.58. The quantitative estimate of drug-likeness (QED) is 0.619. The van der Waals surface area contributed by atoms with Crippen molar-refractivity contribution in [2.75, 3.05) is 0 Å². The van der Waals surface area contributed by atoms with Crippen LogP contribution >= 0.6 is 0 Å². The van der Waals surface area contributed by atoms with Crippen LogP contribution in [0, 0.1) is 0 Å². The van der Waals surface area contributed by atoms with Gasteiger partial charge in [-0.3, -0.25) is 0 Å². The standard InChI is InChI=1S/C16H24O2SSi/c1-14-10-12-16(13-11-14,20(2,3)4)19(17,18)15-8-6-5-7-9-15/h5-10H,11-13H2,1-4H3. The Morgan fingerprint density at radius 3 is 2.15 bits per heavy atom. The molecule has 0 spiro atoms. The lowest BCUT2D eigenvalue weighted by molar-refractivity contribution is 0.537. The van der Waals surface area contributed by atoms with E-state index in [0.717, 1.165) is 12.8 Å². The number of allylic oxidation sites excluding steroid dienone is 2. The molecule has 1 unspecified atom stereocenters.